The first kappa shape index (κ1) is 15.1. The van der Waals surface area contributed by atoms with Crippen molar-refractivity contribution < 1.29 is 9.90 Å². The molecule has 0 atom stereocenters. The fourth-order valence-electron chi connectivity index (χ4n) is 2.14. The number of benzene rings is 1. The number of aromatic amines is 1. The van der Waals surface area contributed by atoms with Crippen molar-refractivity contribution in [3.8, 4) is 0 Å². The molecule has 0 radical (unpaired) electrons. The molecule has 0 fully saturated rings. The van der Waals surface area contributed by atoms with Crippen LogP contribution in [-0.4, -0.2) is 54.7 Å². The van der Waals surface area contributed by atoms with Crippen molar-refractivity contribution >= 4 is 22.6 Å². The third-order valence-corrected chi connectivity index (χ3v) is 3.22. The van der Waals surface area contributed by atoms with Gasteiger partial charge in [-0.05, 0) is 31.6 Å². The van der Waals surface area contributed by atoms with Crippen molar-refractivity contribution in [1.29, 1.82) is 0 Å². The maximum absolute atomic E-state index is 12.1. The van der Waals surface area contributed by atoms with Crippen LogP contribution in [0.5, 0.6) is 0 Å². The molecule has 0 unspecified atom stereocenters. The van der Waals surface area contributed by atoms with Crippen molar-refractivity contribution in [2.75, 3.05) is 38.6 Å². The van der Waals surface area contributed by atoms with Crippen LogP contribution in [0.1, 0.15) is 0 Å². The van der Waals surface area contributed by atoms with Crippen LogP contribution in [-0.2, 0) is 4.79 Å². The first-order valence-corrected chi connectivity index (χ1v) is 6.71. The molecular formula is C15H19N3O3. The molecule has 1 aromatic heterocycles. The number of aliphatic carboxylic acids is 1. The number of pyridine rings is 1. The molecule has 6 nitrogen and oxygen atoms in total. The molecular weight excluding hydrogens is 270 g/mol. The van der Waals surface area contributed by atoms with Gasteiger partial charge in [0.2, 0.25) is 0 Å². The molecule has 0 saturated carbocycles. The normalized spacial score (nSPS) is 11.0. The number of likely N-dealkylation sites (N-methyl/N-ethyl adjacent to an activating group) is 1. The molecule has 0 aliphatic heterocycles. The van der Waals surface area contributed by atoms with Gasteiger partial charge < -0.3 is 19.9 Å². The van der Waals surface area contributed by atoms with Crippen molar-refractivity contribution in [2.24, 2.45) is 0 Å². The number of hydrogen-bond acceptors (Lipinski definition) is 4. The summed E-state index contributed by atoms with van der Waals surface area (Å²) in [5, 5.41) is 10.4. The van der Waals surface area contributed by atoms with E-state index in [-0.39, 0.29) is 12.1 Å². The number of carboxylic acid groups (broad SMARTS) is 1. The Balaban J connectivity index is 2.38. The molecule has 21 heavy (non-hydrogen) atoms. The van der Waals surface area contributed by atoms with Crippen LogP contribution in [0.2, 0.25) is 0 Å². The van der Waals surface area contributed by atoms with Crippen molar-refractivity contribution in [2.45, 2.75) is 0 Å². The minimum absolute atomic E-state index is 0.151. The summed E-state index contributed by atoms with van der Waals surface area (Å²) in [7, 11) is 3.84. The molecule has 112 valence electrons. The van der Waals surface area contributed by atoms with Gasteiger partial charge in [0.05, 0.1) is 0 Å². The van der Waals surface area contributed by atoms with Crippen molar-refractivity contribution in [3.05, 3.63) is 40.7 Å². The second-order valence-electron chi connectivity index (χ2n) is 5.19. The number of fused-ring (bicyclic) bond motifs is 1. The predicted molar refractivity (Wildman–Crippen MR) is 83.0 cm³/mol. The fraction of sp³-hybridized carbons (Fsp3) is 0.333. The highest BCUT2D eigenvalue weighted by Gasteiger charge is 2.13. The Kier molecular flexibility index (Phi) is 4.59. The minimum Gasteiger partial charge on any atom is -0.480 e. The van der Waals surface area contributed by atoms with Gasteiger partial charge >= 0.3 is 5.97 Å². The third kappa shape index (κ3) is 3.82. The van der Waals surface area contributed by atoms with E-state index < -0.39 is 5.97 Å². The maximum Gasteiger partial charge on any atom is 0.323 e. The summed E-state index contributed by atoms with van der Waals surface area (Å²) in [6.07, 6.45) is 0. The average molecular weight is 289 g/mol. The number of rotatable bonds is 6. The Morgan fingerprint density at radius 3 is 2.62 bits per heavy atom. The Morgan fingerprint density at radius 1 is 1.24 bits per heavy atom. The first-order valence-electron chi connectivity index (χ1n) is 6.71. The van der Waals surface area contributed by atoms with Crippen LogP contribution < -0.4 is 10.5 Å². The number of hydrogen-bond donors (Lipinski definition) is 2. The van der Waals surface area contributed by atoms with Gasteiger partial charge in [-0.3, -0.25) is 9.59 Å². The lowest BCUT2D eigenvalue weighted by Gasteiger charge is -2.24. The number of H-pyrrole nitrogens is 1. The zero-order chi connectivity index (χ0) is 15.4. The topological polar surface area (TPSA) is 76.6 Å². The third-order valence-electron chi connectivity index (χ3n) is 3.22. The quantitative estimate of drug-likeness (QED) is 0.829. The van der Waals surface area contributed by atoms with Gasteiger partial charge in [-0.2, -0.15) is 0 Å². The summed E-state index contributed by atoms with van der Waals surface area (Å²) in [5.74, 6) is -0.397. The molecule has 0 aliphatic carbocycles. The monoisotopic (exact) mass is 289 g/mol. The van der Waals surface area contributed by atoms with E-state index in [1.807, 2.05) is 37.2 Å². The molecule has 1 aromatic carbocycles. The van der Waals surface area contributed by atoms with E-state index in [9.17, 15) is 9.59 Å². The molecule has 2 rings (SSSR count). The Bertz CT molecular complexity index is 694. The SMILES string of the molecule is CN(C)CCN(CC(=O)O)c1cc2ccccc2c(=O)[nH]1. The second-order valence-corrected chi connectivity index (χ2v) is 5.19. The van der Waals surface area contributed by atoms with Crippen LogP contribution in [0.4, 0.5) is 5.82 Å². The zero-order valence-electron chi connectivity index (χ0n) is 12.2. The molecule has 2 N–H and O–H groups in total. The van der Waals surface area contributed by atoms with Gasteiger partial charge in [0, 0.05) is 18.5 Å². The molecule has 0 saturated heterocycles. The lowest BCUT2D eigenvalue weighted by molar-refractivity contribution is -0.135. The van der Waals surface area contributed by atoms with E-state index in [0.717, 1.165) is 5.39 Å². The van der Waals surface area contributed by atoms with E-state index in [1.165, 1.54) is 0 Å². The molecule has 6 heteroatoms. The highest BCUT2D eigenvalue weighted by molar-refractivity contribution is 5.84. The number of aromatic nitrogens is 1. The minimum atomic E-state index is -0.928. The highest BCUT2D eigenvalue weighted by Crippen LogP contribution is 2.16. The molecule has 0 spiro atoms. The van der Waals surface area contributed by atoms with Gasteiger partial charge in [-0.15, -0.1) is 0 Å². The average Bonchev–Trinajstić information content (AvgIpc) is 2.43. The van der Waals surface area contributed by atoms with Gasteiger partial charge in [0.1, 0.15) is 12.4 Å². The number of anilines is 1. The summed E-state index contributed by atoms with van der Waals surface area (Å²) in [4.78, 5) is 29.5. The predicted octanol–water partition coefficient (Wildman–Crippen LogP) is 0.981. The van der Waals surface area contributed by atoms with Crippen molar-refractivity contribution in [3.63, 3.8) is 0 Å². The number of nitrogens with zero attached hydrogens (tertiary/aromatic N) is 2. The molecule has 0 amide bonds. The Labute approximate surface area is 122 Å². The number of nitrogens with one attached hydrogen (secondary N) is 1. The molecule has 0 bridgehead atoms. The Hall–Kier alpha value is -2.34. The summed E-state index contributed by atoms with van der Waals surface area (Å²) < 4.78 is 0. The van der Waals surface area contributed by atoms with Crippen LogP contribution in [0.15, 0.2) is 35.1 Å². The first-order chi connectivity index (χ1) is 9.97. The fourth-order valence-corrected chi connectivity index (χ4v) is 2.14. The van der Waals surface area contributed by atoms with E-state index in [1.54, 1.807) is 17.0 Å². The summed E-state index contributed by atoms with van der Waals surface area (Å²) in [6, 6.07) is 9.07. The van der Waals surface area contributed by atoms with Crippen LogP contribution in [0.3, 0.4) is 0 Å². The van der Waals surface area contributed by atoms with Gasteiger partial charge in [0.25, 0.3) is 5.56 Å². The van der Waals surface area contributed by atoms with Crippen molar-refractivity contribution in [1.82, 2.24) is 9.88 Å². The second kappa shape index (κ2) is 6.41. The lowest BCUT2D eigenvalue weighted by Crippen LogP contribution is -2.37. The van der Waals surface area contributed by atoms with E-state index in [0.29, 0.717) is 24.3 Å². The summed E-state index contributed by atoms with van der Waals surface area (Å²) in [6.45, 7) is 1.07. The largest absolute Gasteiger partial charge is 0.480 e. The summed E-state index contributed by atoms with van der Waals surface area (Å²) in [5.41, 5.74) is -0.205. The number of carbonyl (C=O) groups is 1. The summed E-state index contributed by atoms with van der Waals surface area (Å²) >= 11 is 0. The van der Waals surface area contributed by atoms with E-state index in [4.69, 9.17) is 5.11 Å². The van der Waals surface area contributed by atoms with Gasteiger partial charge in [0.15, 0.2) is 0 Å². The standard InChI is InChI=1S/C15H19N3O3/c1-17(2)7-8-18(10-14(19)20)13-9-11-5-3-4-6-12(11)15(21)16-13/h3-6,9H,7-8,10H2,1-2H3,(H,16,21)(H,19,20). The van der Waals surface area contributed by atoms with Crippen LogP contribution in [0, 0.1) is 0 Å². The smallest absolute Gasteiger partial charge is 0.323 e. The molecule has 0 aliphatic rings. The van der Waals surface area contributed by atoms with E-state index >= 15 is 0 Å². The Morgan fingerprint density at radius 2 is 1.95 bits per heavy atom. The lowest BCUT2D eigenvalue weighted by atomic mass is 10.1. The van der Waals surface area contributed by atoms with Crippen LogP contribution in [0.25, 0.3) is 10.8 Å². The molecule has 2 aromatic rings. The number of carboxylic acids is 1. The highest BCUT2D eigenvalue weighted by atomic mass is 16.4. The van der Waals surface area contributed by atoms with Gasteiger partial charge in [-0.1, -0.05) is 18.2 Å². The zero-order valence-corrected chi connectivity index (χ0v) is 12.2. The molecule has 1 heterocycles. The van der Waals surface area contributed by atoms with Gasteiger partial charge in [-0.25, -0.2) is 0 Å². The van der Waals surface area contributed by atoms with Crippen LogP contribution >= 0.6 is 0 Å². The maximum atomic E-state index is 12.1. The van der Waals surface area contributed by atoms with E-state index in [2.05, 4.69) is 4.98 Å².